The van der Waals surface area contributed by atoms with Crippen molar-refractivity contribution in [3.8, 4) is 0 Å². The van der Waals surface area contributed by atoms with Crippen LogP contribution in [-0.4, -0.2) is 49.3 Å². The zero-order valence-corrected chi connectivity index (χ0v) is 12.9. The smallest absolute Gasteiger partial charge is 0.0599 e. The summed E-state index contributed by atoms with van der Waals surface area (Å²) in [4.78, 5) is 2.74. The minimum atomic E-state index is 0.520. The van der Waals surface area contributed by atoms with Gasteiger partial charge in [-0.25, -0.2) is 0 Å². The molecule has 2 unspecified atom stereocenters. The summed E-state index contributed by atoms with van der Waals surface area (Å²) in [5.74, 6) is 0. The fourth-order valence-corrected chi connectivity index (χ4v) is 3.73. The third-order valence-corrected chi connectivity index (χ3v) is 4.73. The van der Waals surface area contributed by atoms with Crippen molar-refractivity contribution < 1.29 is 4.74 Å². The molecule has 0 spiro atoms. The highest BCUT2D eigenvalue weighted by Gasteiger charge is 2.32. The fraction of sp³-hybridized carbons (Fsp3) is 1.00. The van der Waals surface area contributed by atoms with Gasteiger partial charge in [0.05, 0.1) is 6.10 Å². The second-order valence-corrected chi connectivity index (χ2v) is 6.10. The van der Waals surface area contributed by atoms with Crippen LogP contribution in [0.4, 0.5) is 0 Å². The van der Waals surface area contributed by atoms with Crippen LogP contribution >= 0.6 is 0 Å². The van der Waals surface area contributed by atoms with Crippen molar-refractivity contribution in [2.75, 3.05) is 26.2 Å². The van der Waals surface area contributed by atoms with E-state index < -0.39 is 0 Å². The molecule has 112 valence electrons. The van der Waals surface area contributed by atoms with Crippen molar-refractivity contribution in [3.63, 3.8) is 0 Å². The largest absolute Gasteiger partial charge is 0.378 e. The maximum atomic E-state index is 5.77. The van der Waals surface area contributed by atoms with Gasteiger partial charge in [0.15, 0.2) is 0 Å². The lowest BCUT2D eigenvalue weighted by Crippen LogP contribution is -2.54. The van der Waals surface area contributed by atoms with E-state index in [4.69, 9.17) is 4.74 Å². The highest BCUT2D eigenvalue weighted by Crippen LogP contribution is 2.26. The summed E-state index contributed by atoms with van der Waals surface area (Å²) in [5.41, 5.74) is 0. The van der Waals surface area contributed by atoms with Crippen LogP contribution in [0.3, 0.4) is 0 Å². The molecule has 3 heteroatoms. The molecule has 1 aliphatic carbocycles. The van der Waals surface area contributed by atoms with Gasteiger partial charge in [-0.15, -0.1) is 0 Å². The van der Waals surface area contributed by atoms with E-state index in [2.05, 4.69) is 24.1 Å². The van der Waals surface area contributed by atoms with Crippen LogP contribution in [0.25, 0.3) is 0 Å². The lowest BCUT2D eigenvalue weighted by Gasteiger charge is -2.43. The zero-order valence-electron chi connectivity index (χ0n) is 12.9. The van der Waals surface area contributed by atoms with Crippen molar-refractivity contribution in [3.05, 3.63) is 0 Å². The second-order valence-electron chi connectivity index (χ2n) is 6.10. The summed E-state index contributed by atoms with van der Waals surface area (Å²) in [6.07, 6.45) is 9.81. The predicted octanol–water partition coefficient (Wildman–Crippen LogP) is 2.80. The number of nitrogens with zero attached hydrogens (tertiary/aromatic N) is 1. The van der Waals surface area contributed by atoms with E-state index in [1.165, 1.54) is 64.6 Å². The molecule has 0 aromatic heterocycles. The summed E-state index contributed by atoms with van der Waals surface area (Å²) in [7, 11) is 0. The number of nitrogens with one attached hydrogen (secondary N) is 1. The topological polar surface area (TPSA) is 24.5 Å². The molecule has 3 nitrogen and oxygen atoms in total. The molecule has 2 atom stereocenters. The molecule has 0 aromatic carbocycles. The molecule has 1 saturated heterocycles. The summed E-state index contributed by atoms with van der Waals surface area (Å²) >= 11 is 0. The number of hydrogen-bond acceptors (Lipinski definition) is 3. The number of rotatable bonds is 6. The number of hydrogen-bond donors (Lipinski definition) is 1. The molecular formula is C16H32N2O. The quantitative estimate of drug-likeness (QED) is 0.801. The van der Waals surface area contributed by atoms with Crippen LogP contribution in [0.5, 0.6) is 0 Å². The molecule has 0 radical (unpaired) electrons. The average Bonchev–Trinajstić information content (AvgIpc) is 2.47. The van der Waals surface area contributed by atoms with Crippen LogP contribution in [0.2, 0.25) is 0 Å². The number of piperidine rings is 1. The van der Waals surface area contributed by atoms with Crippen LogP contribution in [-0.2, 0) is 4.74 Å². The van der Waals surface area contributed by atoms with Gasteiger partial charge in [-0.1, -0.05) is 19.8 Å². The Hall–Kier alpha value is -0.120. The fourth-order valence-electron chi connectivity index (χ4n) is 3.73. The van der Waals surface area contributed by atoms with Crippen molar-refractivity contribution >= 4 is 0 Å². The van der Waals surface area contributed by atoms with E-state index in [0.29, 0.717) is 6.10 Å². The van der Waals surface area contributed by atoms with Crippen LogP contribution < -0.4 is 5.32 Å². The molecule has 1 aliphatic heterocycles. The summed E-state index contributed by atoms with van der Waals surface area (Å²) in [6.45, 7) is 8.89. The van der Waals surface area contributed by atoms with Gasteiger partial charge in [0.25, 0.3) is 0 Å². The Kier molecular flexibility index (Phi) is 6.62. The highest BCUT2D eigenvalue weighted by molar-refractivity contribution is 4.90. The Labute approximate surface area is 119 Å². The summed E-state index contributed by atoms with van der Waals surface area (Å²) in [5, 5.41) is 3.78. The first kappa shape index (κ1) is 15.3. The molecule has 0 aromatic rings. The van der Waals surface area contributed by atoms with Gasteiger partial charge in [-0.05, 0) is 45.6 Å². The molecule has 1 N–H and O–H groups in total. The van der Waals surface area contributed by atoms with Crippen molar-refractivity contribution in [2.45, 2.75) is 77.0 Å². The van der Waals surface area contributed by atoms with E-state index in [1.807, 2.05) is 0 Å². The molecule has 0 bridgehead atoms. The van der Waals surface area contributed by atoms with Crippen LogP contribution in [0.1, 0.15) is 58.8 Å². The van der Waals surface area contributed by atoms with Crippen molar-refractivity contribution in [2.24, 2.45) is 0 Å². The van der Waals surface area contributed by atoms with Gasteiger partial charge in [-0.3, -0.25) is 4.90 Å². The Morgan fingerprint density at radius 3 is 2.47 bits per heavy atom. The van der Waals surface area contributed by atoms with E-state index >= 15 is 0 Å². The van der Waals surface area contributed by atoms with E-state index in [-0.39, 0.29) is 0 Å². The average molecular weight is 268 g/mol. The first-order chi connectivity index (χ1) is 9.35. The molecule has 1 saturated carbocycles. The first-order valence-electron chi connectivity index (χ1n) is 8.44. The molecule has 2 rings (SSSR count). The molecular weight excluding hydrogens is 236 g/mol. The molecule has 0 amide bonds. The van der Waals surface area contributed by atoms with Gasteiger partial charge >= 0.3 is 0 Å². The summed E-state index contributed by atoms with van der Waals surface area (Å²) in [6, 6.07) is 1.51. The zero-order chi connectivity index (χ0) is 13.5. The monoisotopic (exact) mass is 268 g/mol. The van der Waals surface area contributed by atoms with Gasteiger partial charge in [0.1, 0.15) is 0 Å². The Morgan fingerprint density at radius 2 is 1.79 bits per heavy atom. The maximum absolute atomic E-state index is 5.77. The van der Waals surface area contributed by atoms with E-state index in [1.54, 1.807) is 0 Å². The Morgan fingerprint density at radius 1 is 1.05 bits per heavy atom. The minimum Gasteiger partial charge on any atom is -0.378 e. The van der Waals surface area contributed by atoms with Crippen molar-refractivity contribution in [1.29, 1.82) is 0 Å². The molecule has 19 heavy (non-hydrogen) atoms. The van der Waals surface area contributed by atoms with Gasteiger partial charge in [0.2, 0.25) is 0 Å². The van der Waals surface area contributed by atoms with Crippen LogP contribution in [0, 0.1) is 0 Å². The predicted molar refractivity (Wildman–Crippen MR) is 80.6 cm³/mol. The third kappa shape index (κ3) is 4.44. The number of likely N-dealkylation sites (tertiary alicyclic amines) is 1. The van der Waals surface area contributed by atoms with Gasteiger partial charge < -0.3 is 10.1 Å². The lowest BCUT2D eigenvalue weighted by atomic mass is 9.87. The first-order valence-corrected chi connectivity index (χ1v) is 8.44. The third-order valence-electron chi connectivity index (χ3n) is 4.73. The maximum Gasteiger partial charge on any atom is 0.0599 e. The van der Waals surface area contributed by atoms with Crippen LogP contribution in [0.15, 0.2) is 0 Å². The SMILES string of the molecule is CCCNC1CCCCC1N1CCC(OCC)CC1. The van der Waals surface area contributed by atoms with Gasteiger partial charge in [-0.2, -0.15) is 0 Å². The molecule has 2 fully saturated rings. The second kappa shape index (κ2) is 8.23. The minimum absolute atomic E-state index is 0.520. The Bertz CT molecular complexity index is 239. The number of ether oxygens (including phenoxy) is 1. The highest BCUT2D eigenvalue weighted by atomic mass is 16.5. The summed E-state index contributed by atoms with van der Waals surface area (Å²) < 4.78 is 5.77. The van der Waals surface area contributed by atoms with E-state index in [0.717, 1.165) is 18.7 Å². The standard InChI is InChI=1S/C16H32N2O/c1-3-11-17-15-7-5-6-8-16(15)18-12-9-14(10-13-18)19-4-2/h14-17H,3-13H2,1-2H3. The van der Waals surface area contributed by atoms with Crippen molar-refractivity contribution in [1.82, 2.24) is 10.2 Å². The molecule has 1 heterocycles. The lowest BCUT2D eigenvalue weighted by molar-refractivity contribution is -0.00547. The van der Waals surface area contributed by atoms with Gasteiger partial charge in [0, 0.05) is 31.8 Å². The Balaban J connectivity index is 1.81. The normalized spacial score (nSPS) is 30.6. The molecule has 2 aliphatic rings. The van der Waals surface area contributed by atoms with E-state index in [9.17, 15) is 0 Å².